The van der Waals surface area contributed by atoms with Gasteiger partial charge in [-0.25, -0.2) is 0 Å². The summed E-state index contributed by atoms with van der Waals surface area (Å²) in [6.45, 7) is 0. The minimum absolute atomic E-state index is 0.0623. The Morgan fingerprint density at radius 2 is 2.06 bits per heavy atom. The Bertz CT molecular complexity index is 439. The Hall–Kier alpha value is -1.77. The van der Waals surface area contributed by atoms with E-state index in [1.807, 2.05) is 24.3 Å². The third-order valence-corrected chi connectivity index (χ3v) is 3.31. The summed E-state index contributed by atoms with van der Waals surface area (Å²) in [6.07, 6.45) is 6.63. The fourth-order valence-electron chi connectivity index (χ4n) is 2.52. The highest BCUT2D eigenvalue weighted by molar-refractivity contribution is 5.65. The molecule has 3 atom stereocenters. The van der Waals surface area contributed by atoms with Gasteiger partial charge in [0.05, 0.1) is 12.0 Å². The molecular weight excluding hydrogens is 202 g/mol. The molecule has 82 valence electrons. The number of benzene rings is 1. The lowest BCUT2D eigenvalue weighted by molar-refractivity contribution is -0.754. The van der Waals surface area contributed by atoms with E-state index < -0.39 is 0 Å². The molecule has 3 heteroatoms. The van der Waals surface area contributed by atoms with Crippen LogP contribution in [0.15, 0.2) is 42.5 Å². The van der Waals surface area contributed by atoms with Crippen LogP contribution in [-0.4, -0.2) is 17.2 Å². The van der Waals surface area contributed by atoms with Crippen LogP contribution in [0.3, 0.4) is 0 Å². The van der Waals surface area contributed by atoms with E-state index >= 15 is 0 Å². The van der Waals surface area contributed by atoms with Crippen molar-refractivity contribution in [3.8, 4) is 0 Å². The highest BCUT2D eigenvalue weighted by Gasteiger charge is 2.36. The van der Waals surface area contributed by atoms with E-state index in [0.717, 1.165) is 6.42 Å². The largest absolute Gasteiger partial charge is 0.396 e. The molecule has 0 amide bonds. The van der Waals surface area contributed by atoms with Crippen molar-refractivity contribution in [2.75, 3.05) is 0 Å². The monoisotopic (exact) mass is 215 g/mol. The molecule has 1 heterocycles. The van der Waals surface area contributed by atoms with Crippen molar-refractivity contribution in [1.29, 1.82) is 0 Å². The zero-order valence-corrected chi connectivity index (χ0v) is 8.82. The maximum Gasteiger partial charge on any atom is 0.217 e. The van der Waals surface area contributed by atoms with Gasteiger partial charge >= 0.3 is 0 Å². The van der Waals surface area contributed by atoms with E-state index in [1.165, 1.54) is 5.56 Å². The summed E-state index contributed by atoms with van der Waals surface area (Å²) in [6, 6.07) is 10.1. The van der Waals surface area contributed by atoms with Crippen LogP contribution < -0.4 is 0 Å². The van der Waals surface area contributed by atoms with Crippen LogP contribution in [0.1, 0.15) is 17.9 Å². The average Bonchev–Trinajstić information content (AvgIpc) is 2.77. The zero-order chi connectivity index (χ0) is 11.0. The van der Waals surface area contributed by atoms with Crippen molar-refractivity contribution in [2.45, 2.75) is 18.4 Å². The Balaban J connectivity index is 1.97. The summed E-state index contributed by atoms with van der Waals surface area (Å²) in [5, 5.41) is 11.4. The lowest BCUT2D eigenvalue weighted by Gasteiger charge is -2.30. The minimum atomic E-state index is -0.0623. The van der Waals surface area contributed by atoms with Gasteiger partial charge < -0.3 is 4.84 Å². The van der Waals surface area contributed by atoms with Crippen molar-refractivity contribution in [2.24, 2.45) is 5.92 Å². The zero-order valence-electron chi connectivity index (χ0n) is 8.82. The van der Waals surface area contributed by atoms with Gasteiger partial charge in [-0.3, -0.25) is 5.21 Å². The molecule has 3 nitrogen and oxygen atoms in total. The van der Waals surface area contributed by atoms with Gasteiger partial charge in [-0.05, 0) is 17.9 Å². The van der Waals surface area contributed by atoms with Gasteiger partial charge in [0.15, 0.2) is 0 Å². The molecule has 0 bridgehead atoms. The predicted molar refractivity (Wildman–Crippen MR) is 61.0 cm³/mol. The van der Waals surface area contributed by atoms with Crippen molar-refractivity contribution < 1.29 is 9.74 Å². The van der Waals surface area contributed by atoms with E-state index in [9.17, 15) is 5.21 Å². The van der Waals surface area contributed by atoms with Crippen LogP contribution in [0.25, 0.3) is 0 Å². The number of rotatable bonds is 1. The summed E-state index contributed by atoms with van der Waals surface area (Å²) < 4.78 is 0. The molecule has 1 aliphatic heterocycles. The van der Waals surface area contributed by atoms with Gasteiger partial charge in [0.25, 0.3) is 0 Å². The van der Waals surface area contributed by atoms with E-state index in [2.05, 4.69) is 18.2 Å². The van der Waals surface area contributed by atoms with Crippen molar-refractivity contribution >= 4 is 6.21 Å². The first kappa shape index (κ1) is 9.46. The molecule has 2 aliphatic rings. The van der Waals surface area contributed by atoms with E-state index in [-0.39, 0.29) is 12.0 Å². The third kappa shape index (κ3) is 1.48. The van der Waals surface area contributed by atoms with Gasteiger partial charge in [-0.1, -0.05) is 42.5 Å². The summed E-state index contributed by atoms with van der Waals surface area (Å²) in [5.41, 5.74) is 1.19. The predicted octanol–water partition coefficient (Wildman–Crippen LogP) is 2.24. The molecule has 0 saturated heterocycles. The van der Waals surface area contributed by atoms with Crippen molar-refractivity contribution in [1.82, 2.24) is 0 Å². The lowest BCUT2D eigenvalue weighted by Crippen LogP contribution is -2.35. The Kier molecular flexibility index (Phi) is 2.17. The molecule has 1 aliphatic carbocycles. The van der Waals surface area contributed by atoms with Gasteiger partial charge in [-0.2, -0.15) is 0 Å². The second-order valence-corrected chi connectivity index (χ2v) is 4.27. The number of allylic oxidation sites excluding steroid dienone is 1. The number of fused-ring (bicyclic) bond motifs is 1. The quantitative estimate of drug-likeness (QED) is 0.532. The molecule has 0 N–H and O–H groups in total. The molecule has 0 spiro atoms. The summed E-state index contributed by atoms with van der Waals surface area (Å²) in [5.74, 6) is 0.528. The summed E-state index contributed by atoms with van der Waals surface area (Å²) >= 11 is 0. The molecular formula is C13H13NO2. The van der Waals surface area contributed by atoms with Crippen LogP contribution in [0, 0.1) is 11.1 Å². The third-order valence-electron chi connectivity index (χ3n) is 3.31. The Morgan fingerprint density at radius 1 is 1.25 bits per heavy atom. The van der Waals surface area contributed by atoms with Crippen LogP contribution in [0.4, 0.5) is 0 Å². The van der Waals surface area contributed by atoms with Gasteiger partial charge in [0.1, 0.15) is 0 Å². The van der Waals surface area contributed by atoms with Crippen LogP contribution in [0.5, 0.6) is 0 Å². The Labute approximate surface area is 94.2 Å². The second kappa shape index (κ2) is 3.67. The van der Waals surface area contributed by atoms with E-state index in [1.54, 1.807) is 6.21 Å². The average molecular weight is 215 g/mol. The number of hydrogen-bond acceptors (Lipinski definition) is 2. The first-order valence-electron chi connectivity index (χ1n) is 5.54. The number of hydrogen-bond donors (Lipinski definition) is 0. The molecule has 0 aromatic heterocycles. The lowest BCUT2D eigenvalue weighted by atomic mass is 9.83. The van der Waals surface area contributed by atoms with Gasteiger partial charge in [-0.15, -0.1) is 0 Å². The first-order chi connectivity index (χ1) is 7.84. The highest BCUT2D eigenvalue weighted by atomic mass is 16.9. The summed E-state index contributed by atoms with van der Waals surface area (Å²) in [4.78, 5) is 5.80. The maximum absolute atomic E-state index is 11.4. The van der Waals surface area contributed by atoms with Gasteiger partial charge in [0.2, 0.25) is 6.21 Å². The first-order valence-corrected chi connectivity index (χ1v) is 5.54. The van der Waals surface area contributed by atoms with Crippen molar-refractivity contribution in [3.05, 3.63) is 53.3 Å². The molecule has 0 fully saturated rings. The van der Waals surface area contributed by atoms with Crippen LogP contribution >= 0.6 is 0 Å². The standard InChI is InChI=1S/C13H13NO2/c15-14-9-12(10-5-2-1-3-6-10)11-7-4-8-13(11)16-14/h1-6,8-9,11-13H,7H2/t11?,12-,13?/m1/s1. The maximum atomic E-state index is 11.4. The van der Waals surface area contributed by atoms with Crippen molar-refractivity contribution in [3.63, 3.8) is 0 Å². The van der Waals surface area contributed by atoms with E-state index in [4.69, 9.17) is 4.84 Å². The SMILES string of the molecule is [O-][N+]1=C[C@H](c2ccccc2)C2CC=CC2O1. The smallest absolute Gasteiger partial charge is 0.217 e. The fraction of sp³-hybridized carbons (Fsp3) is 0.308. The Morgan fingerprint density at radius 3 is 2.88 bits per heavy atom. The van der Waals surface area contributed by atoms with Crippen LogP contribution in [0.2, 0.25) is 0 Å². The molecule has 1 aromatic rings. The van der Waals surface area contributed by atoms with E-state index in [0.29, 0.717) is 10.8 Å². The summed E-state index contributed by atoms with van der Waals surface area (Å²) in [7, 11) is 0. The number of nitrogens with zero attached hydrogens (tertiary/aromatic N) is 1. The van der Waals surface area contributed by atoms with Crippen LogP contribution in [-0.2, 0) is 4.84 Å². The molecule has 2 unspecified atom stereocenters. The minimum Gasteiger partial charge on any atom is -0.396 e. The molecule has 0 radical (unpaired) electrons. The fourth-order valence-corrected chi connectivity index (χ4v) is 2.52. The molecule has 3 rings (SSSR count). The normalized spacial score (nSPS) is 31.8. The molecule has 16 heavy (non-hydrogen) atoms. The topological polar surface area (TPSA) is 35.3 Å². The molecule has 1 aromatic carbocycles. The second-order valence-electron chi connectivity index (χ2n) is 4.27. The van der Waals surface area contributed by atoms with Gasteiger partial charge in [0, 0.05) is 4.90 Å². The molecule has 0 saturated carbocycles. The highest BCUT2D eigenvalue weighted by Crippen LogP contribution is 2.36.